The fourth-order valence-corrected chi connectivity index (χ4v) is 3.23. The second-order valence-corrected chi connectivity index (χ2v) is 5.87. The molecule has 0 N–H and O–H groups in total. The van der Waals surface area contributed by atoms with E-state index in [9.17, 15) is 10.1 Å². The molecule has 0 spiro atoms. The molecular weight excluding hydrogens is 306 g/mol. The lowest BCUT2D eigenvalue weighted by atomic mass is 9.88. The molecule has 0 saturated carbocycles. The van der Waals surface area contributed by atoms with E-state index in [-0.39, 0.29) is 5.82 Å². The molecule has 2 aromatic heterocycles. The first kappa shape index (κ1) is 14.5. The average molecular weight is 321 g/mol. The summed E-state index contributed by atoms with van der Waals surface area (Å²) >= 11 is 0. The van der Waals surface area contributed by atoms with E-state index in [4.69, 9.17) is 4.98 Å². The summed E-state index contributed by atoms with van der Waals surface area (Å²) < 4.78 is 1.41. The molecule has 0 fully saturated rings. The summed E-state index contributed by atoms with van der Waals surface area (Å²) in [7, 11) is 1.60. The minimum Gasteiger partial charge on any atom is -0.358 e. The molecule has 1 aliphatic rings. The maximum absolute atomic E-state index is 11.0. The Bertz CT molecular complexity index is 977. The predicted octanol–water partition coefficient (Wildman–Crippen LogP) is 2.86. The van der Waals surface area contributed by atoms with Gasteiger partial charge in [0, 0.05) is 16.8 Å². The number of aryl methyl sites for hydroxylation is 2. The van der Waals surface area contributed by atoms with Crippen molar-refractivity contribution in [3.05, 3.63) is 57.4 Å². The van der Waals surface area contributed by atoms with Crippen LogP contribution in [0.15, 0.2) is 30.5 Å². The number of nitrogens with zero attached hydrogens (tertiary/aromatic N) is 5. The van der Waals surface area contributed by atoms with Gasteiger partial charge in [0.25, 0.3) is 5.82 Å². The van der Waals surface area contributed by atoms with Crippen molar-refractivity contribution < 1.29 is 4.92 Å². The van der Waals surface area contributed by atoms with Gasteiger partial charge in [0.2, 0.25) is 5.82 Å². The summed E-state index contributed by atoms with van der Waals surface area (Å²) in [6.45, 7) is 1.95. The fraction of sp³-hybridized carbons (Fsp3) is 0.235. The summed E-state index contributed by atoms with van der Waals surface area (Å²) in [6.07, 6.45) is 3.11. The van der Waals surface area contributed by atoms with Crippen molar-refractivity contribution in [2.24, 2.45) is 7.05 Å². The third kappa shape index (κ3) is 2.09. The third-order valence-corrected chi connectivity index (χ3v) is 4.48. The van der Waals surface area contributed by atoms with Gasteiger partial charge in [-0.25, -0.2) is 19.5 Å². The number of hydrogen-bond donors (Lipinski definition) is 0. The van der Waals surface area contributed by atoms with Gasteiger partial charge in [-0.05, 0) is 30.3 Å². The Morgan fingerprint density at radius 1 is 1.21 bits per heavy atom. The Morgan fingerprint density at radius 2 is 2.00 bits per heavy atom. The number of imidazole rings is 1. The van der Waals surface area contributed by atoms with Crippen molar-refractivity contribution in [3.63, 3.8) is 0 Å². The number of hydrogen-bond acceptors (Lipinski definition) is 5. The van der Waals surface area contributed by atoms with Gasteiger partial charge in [-0.2, -0.15) is 0 Å². The van der Waals surface area contributed by atoms with Crippen LogP contribution in [0, 0.1) is 17.0 Å². The average Bonchev–Trinajstić information content (AvgIpc) is 2.96. The lowest BCUT2D eigenvalue weighted by Gasteiger charge is -2.20. The van der Waals surface area contributed by atoms with Crippen LogP contribution in [0.3, 0.4) is 0 Å². The van der Waals surface area contributed by atoms with Crippen molar-refractivity contribution in [2.45, 2.75) is 19.8 Å². The van der Waals surface area contributed by atoms with Crippen LogP contribution in [-0.2, 0) is 19.9 Å². The quantitative estimate of drug-likeness (QED) is 0.535. The number of benzene rings is 1. The van der Waals surface area contributed by atoms with Gasteiger partial charge in [0.1, 0.15) is 6.20 Å². The largest absolute Gasteiger partial charge is 0.358 e. The number of rotatable bonds is 2. The van der Waals surface area contributed by atoms with Crippen LogP contribution in [0.2, 0.25) is 0 Å². The van der Waals surface area contributed by atoms with Crippen LogP contribution in [0.4, 0.5) is 5.82 Å². The zero-order valence-electron chi connectivity index (χ0n) is 13.4. The van der Waals surface area contributed by atoms with Gasteiger partial charge in [-0.3, -0.25) is 0 Å². The molecule has 120 valence electrons. The normalized spacial score (nSPS) is 12.6. The van der Waals surface area contributed by atoms with E-state index in [1.165, 1.54) is 16.3 Å². The number of fused-ring (bicyclic) bond motifs is 3. The summed E-state index contributed by atoms with van der Waals surface area (Å²) in [4.78, 5) is 24.0. The SMILES string of the molecule is Cc1nc(-c2ncc([N+](=O)[O-])n2C)nc2c1CCc1ccccc1-2. The van der Waals surface area contributed by atoms with Crippen LogP contribution in [0.5, 0.6) is 0 Å². The van der Waals surface area contributed by atoms with Crippen molar-refractivity contribution in [1.29, 1.82) is 0 Å². The van der Waals surface area contributed by atoms with Crippen molar-refractivity contribution in [3.8, 4) is 22.9 Å². The molecular formula is C17H15N5O2. The highest BCUT2D eigenvalue weighted by Gasteiger charge is 2.25. The Kier molecular flexibility index (Phi) is 3.16. The molecule has 0 radical (unpaired) electrons. The van der Waals surface area contributed by atoms with Gasteiger partial charge in [-0.1, -0.05) is 24.3 Å². The standard InChI is InChI=1S/C17H15N5O2/c1-10-12-8-7-11-5-3-4-6-13(11)15(12)20-16(19-10)17-18-9-14(21(17)2)22(23)24/h3-6,9H,7-8H2,1-2H3. The highest BCUT2D eigenvalue weighted by molar-refractivity contribution is 5.71. The molecule has 1 aliphatic carbocycles. The summed E-state index contributed by atoms with van der Waals surface area (Å²) in [6, 6.07) is 8.20. The molecule has 0 bridgehead atoms. The minimum atomic E-state index is -0.461. The van der Waals surface area contributed by atoms with Gasteiger partial charge in [-0.15, -0.1) is 0 Å². The topological polar surface area (TPSA) is 86.7 Å². The first-order chi connectivity index (χ1) is 11.6. The molecule has 2 heterocycles. The lowest BCUT2D eigenvalue weighted by molar-refractivity contribution is -0.391. The van der Waals surface area contributed by atoms with Crippen LogP contribution >= 0.6 is 0 Å². The van der Waals surface area contributed by atoms with Gasteiger partial charge < -0.3 is 10.1 Å². The van der Waals surface area contributed by atoms with Gasteiger partial charge in [0.05, 0.1) is 12.7 Å². The molecule has 0 atom stereocenters. The predicted molar refractivity (Wildman–Crippen MR) is 88.5 cm³/mol. The van der Waals surface area contributed by atoms with Crippen molar-refractivity contribution in [2.75, 3.05) is 0 Å². The maximum atomic E-state index is 11.0. The highest BCUT2D eigenvalue weighted by Crippen LogP contribution is 2.34. The zero-order chi connectivity index (χ0) is 16.8. The van der Waals surface area contributed by atoms with E-state index in [0.29, 0.717) is 11.6 Å². The van der Waals surface area contributed by atoms with E-state index < -0.39 is 4.92 Å². The molecule has 0 saturated heterocycles. The molecule has 1 aromatic carbocycles. The first-order valence-corrected chi connectivity index (χ1v) is 7.68. The minimum absolute atomic E-state index is 0.0793. The Labute approximate surface area is 138 Å². The molecule has 24 heavy (non-hydrogen) atoms. The molecule has 0 aliphatic heterocycles. The Hall–Kier alpha value is -3.09. The molecule has 0 unspecified atom stereocenters. The van der Waals surface area contributed by atoms with Gasteiger partial charge in [0.15, 0.2) is 0 Å². The molecule has 4 rings (SSSR count). The second-order valence-electron chi connectivity index (χ2n) is 5.87. The Morgan fingerprint density at radius 3 is 2.75 bits per heavy atom. The molecule has 0 amide bonds. The van der Waals surface area contributed by atoms with Crippen LogP contribution in [0.25, 0.3) is 22.9 Å². The van der Waals surface area contributed by atoms with Crippen molar-refractivity contribution in [1.82, 2.24) is 19.5 Å². The lowest BCUT2D eigenvalue weighted by Crippen LogP contribution is -2.11. The smallest absolute Gasteiger partial charge is 0.343 e. The van der Waals surface area contributed by atoms with Crippen molar-refractivity contribution >= 4 is 5.82 Å². The van der Waals surface area contributed by atoms with E-state index in [1.54, 1.807) is 7.05 Å². The highest BCUT2D eigenvalue weighted by atomic mass is 16.6. The van der Waals surface area contributed by atoms with Crippen LogP contribution < -0.4 is 0 Å². The van der Waals surface area contributed by atoms with E-state index in [2.05, 4.69) is 22.1 Å². The summed E-state index contributed by atoms with van der Waals surface area (Å²) in [5, 5.41) is 11.0. The molecule has 7 nitrogen and oxygen atoms in total. The maximum Gasteiger partial charge on any atom is 0.343 e. The van der Waals surface area contributed by atoms with E-state index in [1.807, 2.05) is 19.1 Å². The van der Waals surface area contributed by atoms with Crippen LogP contribution in [0.1, 0.15) is 16.8 Å². The second kappa shape index (κ2) is 5.23. The van der Waals surface area contributed by atoms with E-state index in [0.717, 1.165) is 35.4 Å². The summed E-state index contributed by atoms with van der Waals surface area (Å²) in [5.41, 5.74) is 5.32. The summed E-state index contributed by atoms with van der Waals surface area (Å²) in [5.74, 6) is 0.735. The zero-order valence-corrected chi connectivity index (χ0v) is 13.4. The van der Waals surface area contributed by atoms with Gasteiger partial charge >= 0.3 is 5.82 Å². The Balaban J connectivity index is 1.92. The van der Waals surface area contributed by atoms with E-state index >= 15 is 0 Å². The number of aromatic nitrogens is 4. The monoisotopic (exact) mass is 321 g/mol. The number of nitro groups is 1. The molecule has 3 aromatic rings. The third-order valence-electron chi connectivity index (χ3n) is 4.48. The molecule has 7 heteroatoms. The first-order valence-electron chi connectivity index (χ1n) is 7.68. The van der Waals surface area contributed by atoms with Crippen LogP contribution in [-0.4, -0.2) is 24.4 Å². The fourth-order valence-electron chi connectivity index (χ4n) is 3.23.